The van der Waals surface area contributed by atoms with Crippen LogP contribution in [-0.4, -0.2) is 44.6 Å². The van der Waals surface area contributed by atoms with Crippen molar-refractivity contribution in [2.24, 2.45) is 11.8 Å². The number of aromatic nitrogens is 2. The van der Waals surface area contributed by atoms with Crippen LogP contribution in [0.1, 0.15) is 62.7 Å². The molecule has 4 aromatic rings. The van der Waals surface area contributed by atoms with Crippen molar-refractivity contribution >= 4 is 27.3 Å². The average Bonchev–Trinajstić information content (AvgIpc) is 3.54. The van der Waals surface area contributed by atoms with Crippen molar-refractivity contribution in [2.45, 2.75) is 57.3 Å². The third-order valence-electron chi connectivity index (χ3n) is 8.09. The monoisotopic (exact) mass is 615 g/mol. The first-order chi connectivity index (χ1) is 21.2. The third-order valence-corrected chi connectivity index (χ3v) is 9.44. The van der Waals surface area contributed by atoms with Gasteiger partial charge in [-0.1, -0.05) is 62.5 Å². The van der Waals surface area contributed by atoms with Crippen LogP contribution in [0, 0.1) is 11.8 Å². The molecule has 0 spiro atoms. The molecule has 9 nitrogen and oxygen atoms in total. The molecule has 1 amide bonds. The van der Waals surface area contributed by atoms with E-state index in [1.165, 1.54) is 56.4 Å². The second-order valence-corrected chi connectivity index (χ2v) is 13.7. The number of amides is 1. The van der Waals surface area contributed by atoms with Crippen molar-refractivity contribution in [3.63, 3.8) is 0 Å². The zero-order valence-electron chi connectivity index (χ0n) is 25.6. The van der Waals surface area contributed by atoms with Crippen LogP contribution in [0.15, 0.2) is 82.2 Å². The minimum Gasteiger partial charge on any atom is -0.383 e. The Hall–Kier alpha value is -4.18. The highest BCUT2D eigenvalue weighted by molar-refractivity contribution is 7.90. The number of sulfonamides is 1. The normalized spacial score (nSPS) is 14.0. The molecule has 1 aliphatic rings. The summed E-state index contributed by atoms with van der Waals surface area (Å²) in [7, 11) is -1.88. The van der Waals surface area contributed by atoms with Gasteiger partial charge in [-0.2, -0.15) is 4.98 Å². The molecule has 232 valence electrons. The van der Waals surface area contributed by atoms with E-state index in [0.717, 1.165) is 36.4 Å². The average molecular weight is 616 g/mol. The molecule has 1 saturated carbocycles. The van der Waals surface area contributed by atoms with Crippen molar-refractivity contribution in [3.8, 4) is 22.8 Å². The van der Waals surface area contributed by atoms with Crippen molar-refractivity contribution < 1.29 is 17.7 Å². The van der Waals surface area contributed by atoms with E-state index in [0.29, 0.717) is 23.2 Å². The van der Waals surface area contributed by atoms with Gasteiger partial charge in [0.15, 0.2) is 0 Å². The summed E-state index contributed by atoms with van der Waals surface area (Å²) in [6.45, 7) is 6.36. The SMILES string of the molecule is CC(C)CCN(C)c1ccc(-c2noc(-c3cccc(C(=O)NS(=O)(=O)c4ccccc4)c3)n2)cc1NCC1CCCCC1. The number of anilines is 2. The molecule has 0 saturated heterocycles. The van der Waals surface area contributed by atoms with Crippen molar-refractivity contribution in [1.29, 1.82) is 0 Å². The second kappa shape index (κ2) is 14.1. The lowest BCUT2D eigenvalue weighted by Crippen LogP contribution is -2.30. The molecule has 0 aliphatic heterocycles. The number of hydrogen-bond donors (Lipinski definition) is 2. The molecule has 1 aliphatic carbocycles. The van der Waals surface area contributed by atoms with Gasteiger partial charge in [-0.15, -0.1) is 0 Å². The first-order valence-corrected chi connectivity index (χ1v) is 16.8. The molecule has 3 aromatic carbocycles. The summed E-state index contributed by atoms with van der Waals surface area (Å²) in [5.41, 5.74) is 3.66. The smallest absolute Gasteiger partial charge is 0.265 e. The fourth-order valence-electron chi connectivity index (χ4n) is 5.46. The van der Waals surface area contributed by atoms with E-state index in [1.807, 2.05) is 6.07 Å². The highest BCUT2D eigenvalue weighted by atomic mass is 32.2. The zero-order valence-corrected chi connectivity index (χ0v) is 26.4. The fraction of sp³-hybridized carbons (Fsp3) is 0.382. The van der Waals surface area contributed by atoms with E-state index in [9.17, 15) is 13.2 Å². The molecule has 2 N–H and O–H groups in total. The predicted molar refractivity (Wildman–Crippen MR) is 174 cm³/mol. The highest BCUT2D eigenvalue weighted by Gasteiger charge is 2.21. The van der Waals surface area contributed by atoms with Crippen LogP contribution < -0.4 is 14.9 Å². The van der Waals surface area contributed by atoms with Gasteiger partial charge in [0.05, 0.1) is 16.3 Å². The van der Waals surface area contributed by atoms with Gasteiger partial charge in [0, 0.05) is 36.8 Å². The van der Waals surface area contributed by atoms with E-state index < -0.39 is 15.9 Å². The maximum atomic E-state index is 12.9. The van der Waals surface area contributed by atoms with Crippen molar-refractivity contribution in [1.82, 2.24) is 14.9 Å². The summed E-state index contributed by atoms with van der Waals surface area (Å²) in [4.78, 5) is 19.8. The summed E-state index contributed by atoms with van der Waals surface area (Å²) < 4.78 is 33.0. The van der Waals surface area contributed by atoms with E-state index >= 15 is 0 Å². The van der Waals surface area contributed by atoms with Crippen LogP contribution in [-0.2, 0) is 10.0 Å². The Bertz CT molecular complexity index is 1660. The summed E-state index contributed by atoms with van der Waals surface area (Å²) in [5, 5.41) is 7.97. The molecule has 1 fully saturated rings. The topological polar surface area (TPSA) is 117 Å². The standard InChI is InChI=1S/C34H41N5O4S/c1-24(2)19-20-39(3)31-18-17-26(22-30(31)35-23-25-11-6-4-7-12-25)32-36-34(43-37-32)28-14-10-13-27(21-28)33(40)38-44(41,42)29-15-8-5-9-16-29/h5,8-10,13-18,21-22,24-25,35H,4,6-7,11-12,19-20,23H2,1-3H3,(H,38,40). The molecule has 1 aromatic heterocycles. The number of carbonyl (C=O) groups is 1. The molecule has 0 bridgehead atoms. The molecule has 0 atom stereocenters. The van der Waals surface area contributed by atoms with E-state index in [-0.39, 0.29) is 16.3 Å². The Morgan fingerprint density at radius 1 is 0.977 bits per heavy atom. The van der Waals surface area contributed by atoms with Crippen LogP contribution in [0.4, 0.5) is 11.4 Å². The van der Waals surface area contributed by atoms with Crippen LogP contribution in [0.5, 0.6) is 0 Å². The quantitative estimate of drug-likeness (QED) is 0.175. The van der Waals surface area contributed by atoms with Gasteiger partial charge in [-0.3, -0.25) is 4.79 Å². The molecular weight excluding hydrogens is 574 g/mol. The van der Waals surface area contributed by atoms with Gasteiger partial charge < -0.3 is 14.7 Å². The molecule has 0 radical (unpaired) electrons. The van der Waals surface area contributed by atoms with E-state index in [2.05, 4.69) is 58.1 Å². The Balaban J connectivity index is 1.35. The lowest BCUT2D eigenvalue weighted by Gasteiger charge is -2.27. The molecular formula is C34H41N5O4S. The fourth-order valence-corrected chi connectivity index (χ4v) is 6.45. The molecule has 10 heteroatoms. The Morgan fingerprint density at radius 3 is 2.50 bits per heavy atom. The highest BCUT2D eigenvalue weighted by Crippen LogP contribution is 2.33. The largest absolute Gasteiger partial charge is 0.383 e. The minimum atomic E-state index is -4.01. The minimum absolute atomic E-state index is 0.00998. The Labute approximate surface area is 260 Å². The maximum Gasteiger partial charge on any atom is 0.265 e. The molecule has 1 heterocycles. The molecule has 5 rings (SSSR count). The van der Waals surface area contributed by atoms with Gasteiger partial charge in [-0.25, -0.2) is 13.1 Å². The van der Waals surface area contributed by atoms with E-state index in [4.69, 9.17) is 4.52 Å². The summed E-state index contributed by atoms with van der Waals surface area (Å²) >= 11 is 0. The van der Waals surface area contributed by atoms with Crippen LogP contribution >= 0.6 is 0 Å². The number of carbonyl (C=O) groups excluding carboxylic acids is 1. The third kappa shape index (κ3) is 7.85. The Kier molecular flexibility index (Phi) is 9.99. The zero-order chi connectivity index (χ0) is 31.1. The summed E-state index contributed by atoms with van der Waals surface area (Å²) in [6.07, 6.45) is 7.54. The lowest BCUT2D eigenvalue weighted by atomic mass is 9.89. The lowest BCUT2D eigenvalue weighted by molar-refractivity contribution is 0.0981. The number of hydrogen-bond acceptors (Lipinski definition) is 8. The second-order valence-electron chi connectivity index (χ2n) is 12.0. The van der Waals surface area contributed by atoms with Gasteiger partial charge >= 0.3 is 0 Å². The van der Waals surface area contributed by atoms with Crippen LogP contribution in [0.3, 0.4) is 0 Å². The number of rotatable bonds is 12. The van der Waals surface area contributed by atoms with Crippen LogP contribution in [0.25, 0.3) is 22.8 Å². The molecule has 44 heavy (non-hydrogen) atoms. The number of nitrogens with zero attached hydrogens (tertiary/aromatic N) is 3. The number of nitrogens with one attached hydrogen (secondary N) is 2. The van der Waals surface area contributed by atoms with Crippen molar-refractivity contribution in [3.05, 3.63) is 78.4 Å². The maximum absolute atomic E-state index is 12.9. The van der Waals surface area contributed by atoms with Crippen LogP contribution in [0.2, 0.25) is 0 Å². The van der Waals surface area contributed by atoms with E-state index in [1.54, 1.807) is 30.3 Å². The van der Waals surface area contributed by atoms with Gasteiger partial charge in [0.25, 0.3) is 21.8 Å². The van der Waals surface area contributed by atoms with Gasteiger partial charge in [0.2, 0.25) is 5.82 Å². The first-order valence-electron chi connectivity index (χ1n) is 15.4. The predicted octanol–water partition coefficient (Wildman–Crippen LogP) is 7.00. The van der Waals surface area contributed by atoms with Crippen molar-refractivity contribution in [2.75, 3.05) is 30.4 Å². The van der Waals surface area contributed by atoms with Gasteiger partial charge in [0.1, 0.15) is 0 Å². The summed E-state index contributed by atoms with van der Waals surface area (Å²) in [5.74, 6) is 1.20. The summed E-state index contributed by atoms with van der Waals surface area (Å²) in [6, 6.07) is 20.4. The molecule has 0 unspecified atom stereocenters. The first kappa shape index (κ1) is 31.3. The van der Waals surface area contributed by atoms with Gasteiger partial charge in [-0.05, 0) is 79.6 Å². The Morgan fingerprint density at radius 2 is 1.75 bits per heavy atom. The number of benzene rings is 3.